The van der Waals surface area contributed by atoms with Crippen LogP contribution in [0.15, 0.2) is 0 Å². The first-order valence-corrected chi connectivity index (χ1v) is 18.2. The number of aliphatic hydroxyl groups excluding tert-OH is 4. The summed E-state index contributed by atoms with van der Waals surface area (Å²) in [5.74, 6) is -0.368. The van der Waals surface area contributed by atoms with E-state index in [1.165, 1.54) is 6.92 Å². The van der Waals surface area contributed by atoms with Crippen molar-refractivity contribution in [1.82, 2.24) is 0 Å². The zero-order valence-electron chi connectivity index (χ0n) is 29.7. The highest BCUT2D eigenvalue weighted by atomic mass is 16.7. The Morgan fingerprint density at radius 2 is 1.55 bits per heavy atom. The van der Waals surface area contributed by atoms with Gasteiger partial charge in [0.05, 0.1) is 42.2 Å². The second-order valence-corrected chi connectivity index (χ2v) is 18.8. The molecule has 0 radical (unpaired) electrons. The minimum atomic E-state index is -1.32. The van der Waals surface area contributed by atoms with Crippen LogP contribution in [-0.2, 0) is 23.7 Å². The van der Waals surface area contributed by atoms with E-state index in [0.29, 0.717) is 12.8 Å². The highest BCUT2D eigenvalue weighted by Crippen LogP contribution is 2.89. The molecule has 7 rings (SSSR count). The molecule has 0 aromatic heterocycles. The summed E-state index contributed by atoms with van der Waals surface area (Å²) < 4.78 is 24.4. The van der Waals surface area contributed by atoms with E-state index in [2.05, 4.69) is 34.6 Å². The van der Waals surface area contributed by atoms with Gasteiger partial charge in [-0.15, -0.1) is 0 Å². The van der Waals surface area contributed by atoms with E-state index in [4.69, 9.17) is 18.9 Å². The van der Waals surface area contributed by atoms with Gasteiger partial charge in [0, 0.05) is 12.8 Å². The average Bonchev–Trinajstić information content (AvgIpc) is 3.30. The highest BCUT2D eigenvalue weighted by Gasteiger charge is 2.85. The molecule has 5 N–H and O–H groups in total. The highest BCUT2D eigenvalue weighted by molar-refractivity contribution is 5.66. The van der Waals surface area contributed by atoms with Crippen LogP contribution in [0.1, 0.15) is 113 Å². The summed E-state index contributed by atoms with van der Waals surface area (Å²) in [6.07, 6.45) is 1.48. The number of carbonyl (C=O) groups excluding carboxylic acids is 1. The smallest absolute Gasteiger partial charge is 0.303 e. The van der Waals surface area contributed by atoms with Gasteiger partial charge in [-0.1, -0.05) is 27.7 Å². The van der Waals surface area contributed by atoms with Crippen LogP contribution in [0.5, 0.6) is 0 Å². The van der Waals surface area contributed by atoms with Gasteiger partial charge >= 0.3 is 5.97 Å². The molecule has 16 atom stereocenters. The molecule has 7 aliphatic rings. The molecule has 10 heteroatoms. The first kappa shape index (κ1) is 34.6. The molecule has 0 amide bonds. The van der Waals surface area contributed by atoms with Crippen LogP contribution in [0.25, 0.3) is 0 Å². The summed E-state index contributed by atoms with van der Waals surface area (Å²) in [6.45, 7) is 16.0. The second kappa shape index (κ2) is 10.6. The molecule has 10 nitrogen and oxygen atoms in total. The Kier molecular flexibility index (Phi) is 7.80. The van der Waals surface area contributed by atoms with Gasteiger partial charge in [0.15, 0.2) is 12.4 Å². The average molecular weight is 665 g/mol. The van der Waals surface area contributed by atoms with Crippen molar-refractivity contribution < 1.29 is 49.3 Å². The van der Waals surface area contributed by atoms with Gasteiger partial charge < -0.3 is 44.5 Å². The third-order valence-corrected chi connectivity index (χ3v) is 15.8. The summed E-state index contributed by atoms with van der Waals surface area (Å²) in [5, 5.41) is 55.8. The summed E-state index contributed by atoms with van der Waals surface area (Å²) in [4.78, 5) is 11.9. The molecule has 5 aliphatic carbocycles. The minimum absolute atomic E-state index is 0.00501. The van der Waals surface area contributed by atoms with Crippen LogP contribution in [0.2, 0.25) is 0 Å². The van der Waals surface area contributed by atoms with E-state index < -0.39 is 59.4 Å². The van der Waals surface area contributed by atoms with Gasteiger partial charge in [-0.3, -0.25) is 4.79 Å². The van der Waals surface area contributed by atoms with E-state index in [-0.39, 0.29) is 58.2 Å². The van der Waals surface area contributed by atoms with E-state index in [1.54, 1.807) is 0 Å². The summed E-state index contributed by atoms with van der Waals surface area (Å²) in [6, 6.07) is 0. The van der Waals surface area contributed by atoms with Gasteiger partial charge in [-0.2, -0.15) is 0 Å². The van der Waals surface area contributed by atoms with Crippen molar-refractivity contribution in [2.75, 3.05) is 6.61 Å². The van der Waals surface area contributed by atoms with Crippen molar-refractivity contribution in [2.45, 2.75) is 173 Å². The lowest BCUT2D eigenvalue weighted by molar-refractivity contribution is -0.309. The third-order valence-electron chi connectivity index (χ3n) is 15.8. The van der Waals surface area contributed by atoms with Crippen molar-refractivity contribution in [3.63, 3.8) is 0 Å². The zero-order chi connectivity index (χ0) is 34.3. The van der Waals surface area contributed by atoms with Gasteiger partial charge in [-0.25, -0.2) is 0 Å². The molecule has 0 bridgehead atoms. The molecule has 2 aliphatic heterocycles. The monoisotopic (exact) mass is 664 g/mol. The van der Waals surface area contributed by atoms with Crippen LogP contribution in [0.4, 0.5) is 0 Å². The van der Waals surface area contributed by atoms with Crippen LogP contribution in [-0.4, -0.2) is 98.3 Å². The molecule has 47 heavy (non-hydrogen) atoms. The van der Waals surface area contributed by atoms with Crippen LogP contribution in [0.3, 0.4) is 0 Å². The number of carbonyl (C=O) groups is 1. The maximum Gasteiger partial charge on any atom is 0.303 e. The van der Waals surface area contributed by atoms with E-state index in [0.717, 1.165) is 44.9 Å². The third kappa shape index (κ3) is 4.60. The largest absolute Gasteiger partial charge is 0.454 e. The van der Waals surface area contributed by atoms with Crippen molar-refractivity contribution in [3.05, 3.63) is 0 Å². The molecule has 2 spiro atoms. The lowest BCUT2D eigenvalue weighted by atomic mass is 9.41. The molecule has 0 aromatic carbocycles. The summed E-state index contributed by atoms with van der Waals surface area (Å²) in [5.41, 5.74) is -2.18. The Hall–Kier alpha value is -0.850. The van der Waals surface area contributed by atoms with Gasteiger partial charge in [-0.05, 0) is 117 Å². The number of ether oxygens (including phenoxy) is 4. The fourth-order valence-electron chi connectivity index (χ4n) is 13.7. The summed E-state index contributed by atoms with van der Waals surface area (Å²) in [7, 11) is 0. The van der Waals surface area contributed by atoms with Crippen LogP contribution >= 0.6 is 0 Å². The van der Waals surface area contributed by atoms with E-state index in [9.17, 15) is 30.3 Å². The predicted octanol–water partition coefficient (Wildman–Crippen LogP) is 3.47. The van der Waals surface area contributed by atoms with Crippen molar-refractivity contribution in [1.29, 1.82) is 0 Å². The Labute approximate surface area is 279 Å². The number of aliphatic hydroxyl groups is 5. The molecule has 0 aromatic rings. The fraction of sp³-hybridized carbons (Fsp3) is 0.973. The molecule has 2 saturated heterocycles. The Morgan fingerprint density at radius 3 is 2.19 bits per heavy atom. The summed E-state index contributed by atoms with van der Waals surface area (Å²) >= 11 is 0. The first-order chi connectivity index (χ1) is 21.7. The maximum atomic E-state index is 12.2. The van der Waals surface area contributed by atoms with Gasteiger partial charge in [0.1, 0.15) is 12.2 Å². The topological polar surface area (TPSA) is 155 Å². The first-order valence-electron chi connectivity index (χ1n) is 18.2. The standard InChI is InChI=1S/C37H60O10/c1-19(38)45-27-26(42)22(41)17-44-30(27)46-24-10-12-37-18-36(37)14-13-33(6)29(35(8)11-9-25(47-35)32(4,5)43)21(40)16-34(33,7)23(36)15-20(39)28(37)31(24,2)3/h20-30,39-43H,9-18H2,1-8H3/t20-,21-,22+,23-,24-,25+,26-,27+,28?,29-,30-,33+,34-,35-,36-,37+/m1/s1. The lowest BCUT2D eigenvalue weighted by Gasteiger charge is -2.64. The molecule has 5 saturated carbocycles. The predicted molar refractivity (Wildman–Crippen MR) is 171 cm³/mol. The molecular formula is C37H60O10. The zero-order valence-corrected chi connectivity index (χ0v) is 29.7. The van der Waals surface area contributed by atoms with Crippen LogP contribution in [0, 0.1) is 44.8 Å². The van der Waals surface area contributed by atoms with E-state index >= 15 is 0 Å². The molecule has 268 valence electrons. The number of esters is 1. The molecule has 1 unspecified atom stereocenters. The second-order valence-electron chi connectivity index (χ2n) is 18.8. The molecular weight excluding hydrogens is 604 g/mol. The minimum Gasteiger partial charge on any atom is -0.454 e. The Morgan fingerprint density at radius 1 is 0.851 bits per heavy atom. The maximum absolute atomic E-state index is 12.2. The Bertz CT molecular complexity index is 1270. The lowest BCUT2D eigenvalue weighted by Crippen LogP contribution is -2.63. The number of hydrogen-bond donors (Lipinski definition) is 5. The quantitative estimate of drug-likeness (QED) is 0.218. The molecule has 7 fully saturated rings. The van der Waals surface area contributed by atoms with Crippen LogP contribution < -0.4 is 0 Å². The normalized spacial score (nSPS) is 56.6. The van der Waals surface area contributed by atoms with Crippen molar-refractivity contribution in [2.24, 2.45) is 44.8 Å². The number of rotatable bonds is 5. The number of hydrogen-bond acceptors (Lipinski definition) is 10. The van der Waals surface area contributed by atoms with Crippen molar-refractivity contribution in [3.8, 4) is 0 Å². The van der Waals surface area contributed by atoms with Gasteiger partial charge in [0.25, 0.3) is 0 Å². The molecule has 2 heterocycles. The Balaban J connectivity index is 1.15. The fourth-order valence-corrected chi connectivity index (χ4v) is 13.7. The number of fused-ring (bicyclic) bond motifs is 2. The van der Waals surface area contributed by atoms with E-state index in [1.807, 2.05) is 13.8 Å². The van der Waals surface area contributed by atoms with Crippen molar-refractivity contribution >= 4 is 5.97 Å². The van der Waals surface area contributed by atoms with Gasteiger partial charge in [0.2, 0.25) is 0 Å². The SMILES string of the molecule is CC(=O)O[C@@H]1[C@@H](O[C@@H]2CC[C@@]34C[C@@]35CC[C@@]3(C)[C@H]([C@@]6(C)CC[C@@H](C(C)(C)O)O6)[C@H](O)C[C@]3(C)[C@H]5C[C@@H](O)C4C2(C)C)OC[C@H](O)[C@H]1O.